The minimum absolute atomic E-state index is 0.823. The van der Waals surface area contributed by atoms with Crippen LogP contribution in [-0.2, 0) is 0 Å². The average molecular weight is 342 g/mol. The highest BCUT2D eigenvalue weighted by atomic mass is 127. The molecule has 0 radical (unpaired) electrons. The SMILES string of the molecule is Cc1nnc2sc(-c3ccccc3I)nn12. The van der Waals surface area contributed by atoms with Crippen LogP contribution in [0.2, 0.25) is 0 Å². The summed E-state index contributed by atoms with van der Waals surface area (Å²) in [7, 11) is 0. The van der Waals surface area contributed by atoms with Gasteiger partial charge in [0.1, 0.15) is 5.01 Å². The van der Waals surface area contributed by atoms with Gasteiger partial charge < -0.3 is 0 Å². The predicted octanol–water partition coefficient (Wildman–Crippen LogP) is 2.77. The topological polar surface area (TPSA) is 43.1 Å². The molecule has 2 heterocycles. The Bertz CT molecular complexity index is 658. The Morgan fingerprint density at radius 1 is 1.25 bits per heavy atom. The number of nitrogens with zero attached hydrogens (tertiary/aromatic N) is 4. The fourth-order valence-corrected chi connectivity index (χ4v) is 3.21. The molecule has 80 valence electrons. The van der Waals surface area contributed by atoms with Crippen molar-refractivity contribution < 1.29 is 0 Å². The van der Waals surface area contributed by atoms with E-state index in [4.69, 9.17) is 0 Å². The summed E-state index contributed by atoms with van der Waals surface area (Å²) in [6.45, 7) is 1.90. The van der Waals surface area contributed by atoms with Gasteiger partial charge in [-0.15, -0.1) is 10.2 Å². The zero-order valence-electron chi connectivity index (χ0n) is 8.38. The van der Waals surface area contributed by atoms with Gasteiger partial charge >= 0.3 is 0 Å². The van der Waals surface area contributed by atoms with Gasteiger partial charge in [-0.25, -0.2) is 0 Å². The largest absolute Gasteiger partial charge is 0.234 e. The second-order valence-corrected chi connectivity index (χ2v) is 5.45. The number of hydrogen-bond acceptors (Lipinski definition) is 4. The first kappa shape index (κ1) is 10.2. The van der Waals surface area contributed by atoms with Gasteiger partial charge in [-0.1, -0.05) is 29.5 Å². The summed E-state index contributed by atoms with van der Waals surface area (Å²) >= 11 is 3.88. The maximum absolute atomic E-state index is 4.51. The van der Waals surface area contributed by atoms with Gasteiger partial charge in [-0.05, 0) is 35.6 Å². The molecule has 3 aromatic rings. The van der Waals surface area contributed by atoms with Crippen molar-refractivity contribution in [2.24, 2.45) is 0 Å². The number of aromatic nitrogens is 4. The fraction of sp³-hybridized carbons (Fsp3) is 0.100. The summed E-state index contributed by atoms with van der Waals surface area (Å²) in [5, 5.41) is 13.5. The minimum Gasteiger partial charge on any atom is -0.187 e. The molecule has 0 amide bonds. The van der Waals surface area contributed by atoms with E-state index in [0.717, 1.165) is 21.4 Å². The Hall–Kier alpha value is -1.02. The summed E-state index contributed by atoms with van der Waals surface area (Å²) in [6.07, 6.45) is 0. The van der Waals surface area contributed by atoms with Crippen LogP contribution >= 0.6 is 33.9 Å². The van der Waals surface area contributed by atoms with Crippen molar-refractivity contribution in [3.63, 3.8) is 0 Å². The van der Waals surface area contributed by atoms with Gasteiger partial charge in [0.15, 0.2) is 5.82 Å². The van der Waals surface area contributed by atoms with Crippen molar-refractivity contribution in [1.82, 2.24) is 19.8 Å². The van der Waals surface area contributed by atoms with Crippen molar-refractivity contribution in [3.05, 3.63) is 33.7 Å². The van der Waals surface area contributed by atoms with Crippen LogP contribution in [0.4, 0.5) is 0 Å². The summed E-state index contributed by atoms with van der Waals surface area (Å²) in [5.74, 6) is 0.823. The molecule has 3 rings (SSSR count). The van der Waals surface area contributed by atoms with Crippen LogP contribution in [0.15, 0.2) is 24.3 Å². The van der Waals surface area contributed by atoms with Crippen LogP contribution in [0.25, 0.3) is 15.5 Å². The van der Waals surface area contributed by atoms with Crippen LogP contribution in [0, 0.1) is 10.5 Å². The number of halogens is 1. The van der Waals surface area contributed by atoms with Gasteiger partial charge in [-0.3, -0.25) is 0 Å². The standard InChI is InChI=1S/C10H7IN4S/c1-6-12-13-10-15(6)14-9(16-10)7-4-2-3-5-8(7)11/h2-5H,1H3. The lowest BCUT2D eigenvalue weighted by Gasteiger charge is -1.97. The molecule has 0 saturated carbocycles. The Balaban J connectivity index is 2.23. The Labute approximate surface area is 109 Å². The second kappa shape index (κ2) is 3.77. The summed E-state index contributed by atoms with van der Waals surface area (Å²) in [4.78, 5) is 0.840. The molecule has 6 heteroatoms. The molecule has 16 heavy (non-hydrogen) atoms. The highest BCUT2D eigenvalue weighted by Gasteiger charge is 2.11. The van der Waals surface area contributed by atoms with E-state index >= 15 is 0 Å². The van der Waals surface area contributed by atoms with E-state index in [-0.39, 0.29) is 0 Å². The van der Waals surface area contributed by atoms with E-state index < -0.39 is 0 Å². The molecule has 0 unspecified atom stereocenters. The first-order chi connectivity index (χ1) is 7.75. The molecule has 0 fully saturated rings. The van der Waals surface area contributed by atoms with Crippen LogP contribution in [0.3, 0.4) is 0 Å². The third-order valence-corrected chi connectivity index (χ3v) is 4.12. The van der Waals surface area contributed by atoms with Gasteiger partial charge in [0.05, 0.1) is 0 Å². The first-order valence-corrected chi connectivity index (χ1v) is 6.59. The van der Waals surface area contributed by atoms with E-state index in [1.807, 2.05) is 19.1 Å². The lowest BCUT2D eigenvalue weighted by atomic mass is 10.2. The highest BCUT2D eigenvalue weighted by Crippen LogP contribution is 2.28. The Morgan fingerprint density at radius 3 is 2.81 bits per heavy atom. The minimum atomic E-state index is 0.823. The molecule has 0 aliphatic carbocycles. The molecule has 4 nitrogen and oxygen atoms in total. The zero-order chi connectivity index (χ0) is 11.1. The van der Waals surface area contributed by atoms with Gasteiger partial charge in [0.25, 0.3) is 0 Å². The van der Waals surface area contributed by atoms with Crippen LogP contribution in [0.5, 0.6) is 0 Å². The first-order valence-electron chi connectivity index (χ1n) is 4.69. The molecule has 0 atom stereocenters. The van der Waals surface area contributed by atoms with Crippen LogP contribution in [-0.4, -0.2) is 19.8 Å². The molecular weight excluding hydrogens is 335 g/mol. The number of hydrogen-bond donors (Lipinski definition) is 0. The summed E-state index contributed by atoms with van der Waals surface area (Å²) < 4.78 is 2.98. The van der Waals surface area contributed by atoms with E-state index in [9.17, 15) is 0 Å². The smallest absolute Gasteiger partial charge is 0.187 e. The highest BCUT2D eigenvalue weighted by molar-refractivity contribution is 14.1. The molecule has 0 aliphatic rings. The molecular formula is C10H7IN4S. The molecule has 0 saturated heterocycles. The number of fused-ring (bicyclic) bond motifs is 1. The maximum atomic E-state index is 4.51. The quantitative estimate of drug-likeness (QED) is 0.639. The Kier molecular flexibility index (Phi) is 2.40. The van der Waals surface area contributed by atoms with E-state index in [1.54, 1.807) is 15.9 Å². The lowest BCUT2D eigenvalue weighted by molar-refractivity contribution is 0.897. The average Bonchev–Trinajstić information content (AvgIpc) is 2.82. The van der Waals surface area contributed by atoms with Crippen molar-refractivity contribution >= 4 is 38.9 Å². The van der Waals surface area contributed by atoms with E-state index in [1.165, 1.54) is 3.57 Å². The summed E-state index contributed by atoms with van der Waals surface area (Å²) in [5.41, 5.74) is 1.15. The number of benzene rings is 1. The molecule has 0 aliphatic heterocycles. The van der Waals surface area contributed by atoms with Crippen molar-refractivity contribution in [2.75, 3.05) is 0 Å². The lowest BCUT2D eigenvalue weighted by Crippen LogP contribution is -1.89. The third kappa shape index (κ3) is 1.52. The number of aryl methyl sites for hydroxylation is 1. The third-order valence-electron chi connectivity index (χ3n) is 2.25. The van der Waals surface area contributed by atoms with Gasteiger partial charge in [-0.2, -0.15) is 9.61 Å². The van der Waals surface area contributed by atoms with Gasteiger partial charge in [0, 0.05) is 9.13 Å². The molecule has 0 bridgehead atoms. The van der Waals surface area contributed by atoms with Gasteiger partial charge in [0.2, 0.25) is 4.96 Å². The van der Waals surface area contributed by atoms with Crippen LogP contribution < -0.4 is 0 Å². The predicted molar refractivity (Wildman–Crippen MR) is 71.5 cm³/mol. The van der Waals surface area contributed by atoms with Crippen molar-refractivity contribution in [1.29, 1.82) is 0 Å². The molecule has 2 aromatic heterocycles. The fourth-order valence-electron chi connectivity index (χ4n) is 1.46. The van der Waals surface area contributed by atoms with Crippen molar-refractivity contribution in [3.8, 4) is 10.6 Å². The summed E-state index contributed by atoms with van der Waals surface area (Å²) in [6, 6.07) is 8.19. The number of rotatable bonds is 1. The maximum Gasteiger partial charge on any atom is 0.234 e. The molecule has 0 N–H and O–H groups in total. The molecule has 1 aromatic carbocycles. The normalized spacial score (nSPS) is 11.1. The van der Waals surface area contributed by atoms with E-state index in [2.05, 4.69) is 50.0 Å². The van der Waals surface area contributed by atoms with E-state index in [0.29, 0.717) is 0 Å². The zero-order valence-corrected chi connectivity index (χ0v) is 11.4. The van der Waals surface area contributed by atoms with Crippen molar-refractivity contribution in [2.45, 2.75) is 6.92 Å². The monoisotopic (exact) mass is 342 g/mol. The van der Waals surface area contributed by atoms with Crippen LogP contribution in [0.1, 0.15) is 5.82 Å². The second-order valence-electron chi connectivity index (χ2n) is 3.33. The Morgan fingerprint density at radius 2 is 2.06 bits per heavy atom. The molecule has 0 spiro atoms.